The summed E-state index contributed by atoms with van der Waals surface area (Å²) >= 11 is 0. The topological polar surface area (TPSA) is 123 Å². The van der Waals surface area contributed by atoms with Crippen LogP contribution < -0.4 is 14.2 Å². The maximum Gasteiger partial charge on any atom is 0.311 e. The number of ether oxygens (including phenoxy) is 3. The SMILES string of the molecule is COc1ccc2nc(/C(C#N)=C\c3cc([N+](=O)[O-])c(OC)cc3OC)[nH]c2c1. The quantitative estimate of drug-likeness (QED) is 0.394. The molecule has 0 fully saturated rings. The molecule has 0 atom stereocenters. The number of imidazole rings is 1. The molecule has 0 aliphatic heterocycles. The number of aromatic amines is 1. The van der Waals surface area contributed by atoms with Gasteiger partial charge in [0.2, 0.25) is 5.75 Å². The summed E-state index contributed by atoms with van der Waals surface area (Å²) in [5.74, 6) is 1.37. The molecular formula is C19H16N4O5. The molecule has 1 N–H and O–H groups in total. The Kier molecular flexibility index (Phi) is 5.13. The zero-order chi connectivity index (χ0) is 20.3. The predicted octanol–water partition coefficient (Wildman–Crippen LogP) is 3.56. The maximum absolute atomic E-state index is 11.3. The third-order valence-corrected chi connectivity index (χ3v) is 4.09. The van der Waals surface area contributed by atoms with Crippen LogP contribution in [0, 0.1) is 21.4 Å². The first-order chi connectivity index (χ1) is 13.5. The number of hydrogen-bond donors (Lipinski definition) is 1. The van der Waals surface area contributed by atoms with Gasteiger partial charge < -0.3 is 19.2 Å². The van der Waals surface area contributed by atoms with Crippen LogP contribution >= 0.6 is 0 Å². The first kappa shape index (κ1) is 18.7. The highest BCUT2D eigenvalue weighted by Crippen LogP contribution is 2.36. The fraction of sp³-hybridized carbons (Fsp3) is 0.158. The summed E-state index contributed by atoms with van der Waals surface area (Å²) in [4.78, 5) is 18.2. The number of fused-ring (bicyclic) bond motifs is 1. The number of aromatic nitrogens is 2. The van der Waals surface area contributed by atoms with Gasteiger partial charge in [-0.1, -0.05) is 0 Å². The second-order valence-corrected chi connectivity index (χ2v) is 5.66. The molecule has 0 aliphatic rings. The van der Waals surface area contributed by atoms with Crippen LogP contribution in [-0.2, 0) is 0 Å². The van der Waals surface area contributed by atoms with Crippen LogP contribution in [0.1, 0.15) is 11.4 Å². The molecule has 142 valence electrons. The number of H-pyrrole nitrogens is 1. The number of methoxy groups -OCH3 is 3. The van der Waals surface area contributed by atoms with Gasteiger partial charge in [0, 0.05) is 23.8 Å². The fourth-order valence-electron chi connectivity index (χ4n) is 2.71. The number of hydrogen-bond acceptors (Lipinski definition) is 7. The number of nitro groups is 1. The smallest absolute Gasteiger partial charge is 0.311 e. The fourth-order valence-corrected chi connectivity index (χ4v) is 2.71. The minimum Gasteiger partial charge on any atom is -0.497 e. The highest BCUT2D eigenvalue weighted by atomic mass is 16.6. The molecule has 3 rings (SSSR count). The van der Waals surface area contributed by atoms with Crippen molar-refractivity contribution in [1.82, 2.24) is 9.97 Å². The molecule has 28 heavy (non-hydrogen) atoms. The van der Waals surface area contributed by atoms with Crippen LogP contribution in [0.3, 0.4) is 0 Å². The van der Waals surface area contributed by atoms with Gasteiger partial charge in [0.15, 0.2) is 0 Å². The average Bonchev–Trinajstić information content (AvgIpc) is 3.14. The van der Waals surface area contributed by atoms with E-state index >= 15 is 0 Å². The molecule has 0 unspecified atom stereocenters. The Morgan fingerprint density at radius 1 is 1.18 bits per heavy atom. The molecule has 0 amide bonds. The van der Waals surface area contributed by atoms with Gasteiger partial charge in [0.05, 0.1) is 42.9 Å². The van der Waals surface area contributed by atoms with Crippen molar-refractivity contribution in [3.8, 4) is 23.3 Å². The summed E-state index contributed by atoms with van der Waals surface area (Å²) in [6.07, 6.45) is 1.47. The molecule has 2 aromatic carbocycles. The molecule has 0 saturated heterocycles. The van der Waals surface area contributed by atoms with E-state index < -0.39 is 4.92 Å². The third-order valence-electron chi connectivity index (χ3n) is 4.09. The van der Waals surface area contributed by atoms with E-state index in [4.69, 9.17) is 14.2 Å². The van der Waals surface area contributed by atoms with Gasteiger partial charge >= 0.3 is 5.69 Å². The Morgan fingerprint density at radius 3 is 2.54 bits per heavy atom. The second-order valence-electron chi connectivity index (χ2n) is 5.66. The number of nitrogens with zero attached hydrogens (tertiary/aromatic N) is 3. The lowest BCUT2D eigenvalue weighted by molar-refractivity contribution is -0.385. The summed E-state index contributed by atoms with van der Waals surface area (Å²) in [7, 11) is 4.32. The van der Waals surface area contributed by atoms with Crippen molar-refractivity contribution in [2.75, 3.05) is 21.3 Å². The van der Waals surface area contributed by atoms with Crippen LogP contribution in [0.2, 0.25) is 0 Å². The number of benzene rings is 2. The van der Waals surface area contributed by atoms with E-state index in [1.165, 1.54) is 32.4 Å². The van der Waals surface area contributed by atoms with Crippen LogP contribution in [0.4, 0.5) is 5.69 Å². The number of rotatable bonds is 6. The zero-order valence-electron chi connectivity index (χ0n) is 15.3. The molecule has 1 aromatic heterocycles. The van der Waals surface area contributed by atoms with Crippen molar-refractivity contribution in [1.29, 1.82) is 5.26 Å². The van der Waals surface area contributed by atoms with Crippen LogP contribution in [0.5, 0.6) is 17.2 Å². The zero-order valence-corrected chi connectivity index (χ0v) is 15.3. The highest BCUT2D eigenvalue weighted by molar-refractivity contribution is 5.92. The van der Waals surface area contributed by atoms with E-state index in [-0.39, 0.29) is 17.0 Å². The monoisotopic (exact) mass is 380 g/mol. The van der Waals surface area contributed by atoms with Gasteiger partial charge in [0.1, 0.15) is 23.4 Å². The predicted molar refractivity (Wildman–Crippen MR) is 102 cm³/mol. The van der Waals surface area contributed by atoms with Gasteiger partial charge in [-0.2, -0.15) is 5.26 Å². The van der Waals surface area contributed by atoms with E-state index in [9.17, 15) is 15.4 Å². The molecule has 0 radical (unpaired) electrons. The largest absolute Gasteiger partial charge is 0.497 e. The highest BCUT2D eigenvalue weighted by Gasteiger charge is 2.20. The minimum absolute atomic E-state index is 0.0633. The Labute approximate surface area is 159 Å². The van der Waals surface area contributed by atoms with E-state index in [0.29, 0.717) is 33.9 Å². The summed E-state index contributed by atoms with van der Waals surface area (Å²) < 4.78 is 15.5. The Bertz CT molecular complexity index is 1130. The van der Waals surface area contributed by atoms with Crippen molar-refractivity contribution in [3.63, 3.8) is 0 Å². The Hall–Kier alpha value is -4.06. The molecule has 0 aliphatic carbocycles. The average molecular weight is 380 g/mol. The summed E-state index contributed by atoms with van der Waals surface area (Å²) in [6.45, 7) is 0. The van der Waals surface area contributed by atoms with Crippen molar-refractivity contribution >= 4 is 28.4 Å². The van der Waals surface area contributed by atoms with Crippen molar-refractivity contribution in [3.05, 3.63) is 51.8 Å². The lowest BCUT2D eigenvalue weighted by Crippen LogP contribution is -1.97. The molecule has 0 saturated carbocycles. The number of allylic oxidation sites excluding steroid dienone is 1. The summed E-state index contributed by atoms with van der Waals surface area (Å²) in [5, 5.41) is 20.9. The second kappa shape index (κ2) is 7.67. The molecule has 1 heterocycles. The molecule has 9 heteroatoms. The number of nitriles is 1. The number of nitrogens with one attached hydrogen (secondary N) is 1. The van der Waals surface area contributed by atoms with E-state index in [0.717, 1.165) is 0 Å². The van der Waals surface area contributed by atoms with E-state index in [1.54, 1.807) is 25.3 Å². The van der Waals surface area contributed by atoms with Crippen LogP contribution in [0.15, 0.2) is 30.3 Å². The van der Waals surface area contributed by atoms with Gasteiger partial charge in [-0.15, -0.1) is 0 Å². The number of nitro benzene ring substituents is 1. The third kappa shape index (κ3) is 3.43. The van der Waals surface area contributed by atoms with E-state index in [2.05, 4.69) is 16.0 Å². The normalized spacial score (nSPS) is 11.1. The summed E-state index contributed by atoms with van der Waals surface area (Å²) in [6, 6.07) is 10.1. The Balaban J connectivity index is 2.13. The van der Waals surface area contributed by atoms with Gasteiger partial charge in [-0.25, -0.2) is 4.98 Å². The molecule has 9 nitrogen and oxygen atoms in total. The van der Waals surface area contributed by atoms with Gasteiger partial charge in [0.25, 0.3) is 0 Å². The molecular weight excluding hydrogens is 364 g/mol. The first-order valence-corrected chi connectivity index (χ1v) is 8.07. The lowest BCUT2D eigenvalue weighted by Gasteiger charge is -2.08. The minimum atomic E-state index is -0.560. The maximum atomic E-state index is 11.3. The summed E-state index contributed by atoms with van der Waals surface area (Å²) in [5.41, 5.74) is 1.66. The molecule has 0 bridgehead atoms. The molecule has 0 spiro atoms. The van der Waals surface area contributed by atoms with Gasteiger partial charge in [-0.05, 0) is 18.2 Å². The van der Waals surface area contributed by atoms with Crippen LogP contribution in [0.25, 0.3) is 22.7 Å². The van der Waals surface area contributed by atoms with Crippen molar-refractivity contribution < 1.29 is 19.1 Å². The first-order valence-electron chi connectivity index (χ1n) is 8.07. The van der Waals surface area contributed by atoms with Gasteiger partial charge in [-0.3, -0.25) is 10.1 Å². The lowest BCUT2D eigenvalue weighted by atomic mass is 10.1. The molecule has 3 aromatic rings. The van der Waals surface area contributed by atoms with E-state index in [1.807, 2.05) is 0 Å². The standard InChI is InChI=1S/C19H16N4O5/c1-26-13-4-5-14-15(8-13)22-19(21-14)12(10-20)6-11-7-16(23(24)25)18(28-3)9-17(11)27-2/h4-9H,1-3H3,(H,21,22)/b12-6-. The van der Waals surface area contributed by atoms with Crippen LogP contribution in [-0.4, -0.2) is 36.2 Å². The van der Waals surface area contributed by atoms with Crippen molar-refractivity contribution in [2.24, 2.45) is 0 Å². The van der Waals surface area contributed by atoms with Crippen molar-refractivity contribution in [2.45, 2.75) is 0 Å². The Morgan fingerprint density at radius 2 is 1.93 bits per heavy atom.